The molecule has 3 heteroatoms. The zero-order chi connectivity index (χ0) is 13.8. The molecule has 18 heavy (non-hydrogen) atoms. The van der Waals surface area contributed by atoms with E-state index in [9.17, 15) is 4.79 Å². The molecule has 0 aromatic heterocycles. The summed E-state index contributed by atoms with van der Waals surface area (Å²) < 4.78 is 0. The fourth-order valence-electron chi connectivity index (χ4n) is 1.40. The smallest absolute Gasteiger partial charge is 0.244 e. The highest BCUT2D eigenvalue weighted by Crippen LogP contribution is 1.97. The molecule has 0 bridgehead atoms. The first-order valence-electron chi connectivity index (χ1n) is 6.54. The molecule has 0 spiro atoms. The summed E-state index contributed by atoms with van der Waals surface area (Å²) in [6.07, 6.45) is 13.4. The second-order valence-corrected chi connectivity index (χ2v) is 4.40. The van der Waals surface area contributed by atoms with E-state index in [4.69, 9.17) is 5.73 Å². The van der Waals surface area contributed by atoms with Gasteiger partial charge in [-0.2, -0.15) is 0 Å². The number of hydrogen-bond donors (Lipinski definition) is 1. The van der Waals surface area contributed by atoms with Gasteiger partial charge in [-0.05, 0) is 33.2 Å². The molecule has 3 nitrogen and oxygen atoms in total. The van der Waals surface area contributed by atoms with Gasteiger partial charge in [0.15, 0.2) is 0 Å². The largest absolute Gasteiger partial charge is 0.366 e. The molecule has 0 aliphatic carbocycles. The molecule has 102 valence electrons. The summed E-state index contributed by atoms with van der Waals surface area (Å²) in [5, 5.41) is 0. The van der Waals surface area contributed by atoms with Crippen LogP contribution in [0.4, 0.5) is 0 Å². The minimum Gasteiger partial charge on any atom is -0.366 e. The molecule has 0 unspecified atom stereocenters. The Morgan fingerprint density at radius 1 is 1.17 bits per heavy atom. The molecular formula is C15H26N2O. The minimum atomic E-state index is -0.330. The highest BCUT2D eigenvalue weighted by molar-refractivity contribution is 5.91. The lowest BCUT2D eigenvalue weighted by Gasteiger charge is -2.13. The topological polar surface area (TPSA) is 46.3 Å². The predicted octanol–water partition coefficient (Wildman–Crippen LogP) is 2.65. The Morgan fingerprint density at radius 2 is 1.78 bits per heavy atom. The van der Waals surface area contributed by atoms with Crippen molar-refractivity contribution < 1.29 is 4.79 Å². The Labute approximate surface area is 111 Å². The van der Waals surface area contributed by atoms with E-state index in [2.05, 4.69) is 43.2 Å². The van der Waals surface area contributed by atoms with Gasteiger partial charge in [-0.1, -0.05) is 37.3 Å². The molecule has 2 N–H and O–H groups in total. The maximum Gasteiger partial charge on any atom is 0.244 e. The van der Waals surface area contributed by atoms with Crippen molar-refractivity contribution in [2.45, 2.75) is 33.1 Å². The van der Waals surface area contributed by atoms with Gasteiger partial charge in [0.1, 0.15) is 0 Å². The number of hydrogen-bond acceptors (Lipinski definition) is 2. The fourth-order valence-corrected chi connectivity index (χ4v) is 1.40. The number of carbonyl (C=O) groups excluding carboxylic acids is 1. The van der Waals surface area contributed by atoms with E-state index < -0.39 is 0 Å². The van der Waals surface area contributed by atoms with Crippen molar-refractivity contribution in [3.63, 3.8) is 0 Å². The van der Waals surface area contributed by atoms with Gasteiger partial charge in [-0.25, -0.2) is 0 Å². The van der Waals surface area contributed by atoms with Crippen molar-refractivity contribution in [1.29, 1.82) is 0 Å². The third-order valence-electron chi connectivity index (χ3n) is 2.65. The lowest BCUT2D eigenvalue weighted by Crippen LogP contribution is -2.20. The predicted molar refractivity (Wildman–Crippen MR) is 78.3 cm³/mol. The van der Waals surface area contributed by atoms with Crippen molar-refractivity contribution in [2.24, 2.45) is 5.73 Å². The SMILES string of the molecule is CCC=CC=CCCN(C)CCC=C(C)C(N)=O. The van der Waals surface area contributed by atoms with E-state index in [1.54, 1.807) is 6.92 Å². The third-order valence-corrected chi connectivity index (χ3v) is 2.65. The summed E-state index contributed by atoms with van der Waals surface area (Å²) >= 11 is 0. The van der Waals surface area contributed by atoms with Crippen LogP contribution in [-0.4, -0.2) is 30.9 Å². The quantitative estimate of drug-likeness (QED) is 0.505. The second-order valence-electron chi connectivity index (χ2n) is 4.40. The standard InChI is InChI=1S/C15H26N2O/c1-4-5-6-7-8-9-12-17(3)13-10-11-14(2)15(16)18/h5-8,11H,4,9-10,12-13H2,1-3H3,(H2,16,18). The summed E-state index contributed by atoms with van der Waals surface area (Å²) in [4.78, 5) is 13.0. The number of amides is 1. The van der Waals surface area contributed by atoms with Gasteiger partial charge in [-0.3, -0.25) is 4.79 Å². The number of primary amides is 1. The van der Waals surface area contributed by atoms with Crippen molar-refractivity contribution in [3.05, 3.63) is 36.0 Å². The maximum atomic E-state index is 10.8. The van der Waals surface area contributed by atoms with Crippen LogP contribution in [-0.2, 0) is 4.79 Å². The van der Waals surface area contributed by atoms with Crippen LogP contribution in [0.25, 0.3) is 0 Å². The van der Waals surface area contributed by atoms with Crippen molar-refractivity contribution >= 4 is 5.91 Å². The summed E-state index contributed by atoms with van der Waals surface area (Å²) in [5.74, 6) is -0.330. The fraction of sp³-hybridized carbons (Fsp3) is 0.533. The van der Waals surface area contributed by atoms with Crippen LogP contribution in [0.15, 0.2) is 36.0 Å². The van der Waals surface area contributed by atoms with E-state index in [1.807, 2.05) is 6.08 Å². The Bertz CT molecular complexity index is 316. The van der Waals surface area contributed by atoms with Gasteiger partial charge < -0.3 is 10.6 Å². The molecule has 1 amide bonds. The number of carbonyl (C=O) groups is 1. The minimum absolute atomic E-state index is 0.330. The van der Waals surface area contributed by atoms with Crippen LogP contribution in [0.2, 0.25) is 0 Å². The molecule has 0 aliphatic rings. The molecule has 0 aromatic carbocycles. The Balaban J connectivity index is 3.69. The Hall–Kier alpha value is -1.35. The van der Waals surface area contributed by atoms with E-state index in [-0.39, 0.29) is 5.91 Å². The first kappa shape index (κ1) is 16.6. The van der Waals surface area contributed by atoms with E-state index in [0.717, 1.165) is 32.4 Å². The van der Waals surface area contributed by atoms with E-state index in [1.165, 1.54) is 0 Å². The molecule has 0 aromatic rings. The van der Waals surface area contributed by atoms with Crippen molar-refractivity contribution in [3.8, 4) is 0 Å². The van der Waals surface area contributed by atoms with Gasteiger partial charge in [0.2, 0.25) is 5.91 Å². The van der Waals surface area contributed by atoms with Gasteiger partial charge in [0, 0.05) is 18.7 Å². The van der Waals surface area contributed by atoms with Crippen LogP contribution in [0.5, 0.6) is 0 Å². The molecule has 0 rings (SSSR count). The van der Waals surface area contributed by atoms with Crippen LogP contribution in [0.1, 0.15) is 33.1 Å². The zero-order valence-corrected chi connectivity index (χ0v) is 11.9. The zero-order valence-electron chi connectivity index (χ0n) is 11.9. The molecule has 0 saturated carbocycles. The third kappa shape index (κ3) is 9.85. The van der Waals surface area contributed by atoms with Crippen LogP contribution in [0, 0.1) is 0 Å². The van der Waals surface area contributed by atoms with Crippen LogP contribution < -0.4 is 5.73 Å². The highest BCUT2D eigenvalue weighted by atomic mass is 16.1. The van der Waals surface area contributed by atoms with Gasteiger partial charge in [-0.15, -0.1) is 0 Å². The average molecular weight is 250 g/mol. The molecule has 0 heterocycles. The summed E-state index contributed by atoms with van der Waals surface area (Å²) in [6, 6.07) is 0. The van der Waals surface area contributed by atoms with Gasteiger partial charge >= 0.3 is 0 Å². The number of rotatable bonds is 9. The van der Waals surface area contributed by atoms with Gasteiger partial charge in [0.05, 0.1) is 0 Å². The van der Waals surface area contributed by atoms with Gasteiger partial charge in [0.25, 0.3) is 0 Å². The lowest BCUT2D eigenvalue weighted by molar-refractivity contribution is -0.114. The Kier molecular flexibility index (Phi) is 9.97. The first-order valence-corrected chi connectivity index (χ1v) is 6.54. The summed E-state index contributed by atoms with van der Waals surface area (Å²) in [5.41, 5.74) is 5.80. The normalized spacial score (nSPS) is 13.0. The summed E-state index contributed by atoms with van der Waals surface area (Å²) in [6.45, 7) is 5.86. The van der Waals surface area contributed by atoms with Crippen molar-refractivity contribution in [2.75, 3.05) is 20.1 Å². The monoisotopic (exact) mass is 250 g/mol. The van der Waals surface area contributed by atoms with Crippen molar-refractivity contribution in [1.82, 2.24) is 4.90 Å². The second kappa shape index (κ2) is 10.8. The number of nitrogens with zero attached hydrogens (tertiary/aromatic N) is 1. The van der Waals surface area contributed by atoms with Crippen LogP contribution >= 0.6 is 0 Å². The molecule has 0 saturated heterocycles. The molecule has 0 atom stereocenters. The molecular weight excluding hydrogens is 224 g/mol. The van der Waals surface area contributed by atoms with Crippen LogP contribution in [0.3, 0.4) is 0 Å². The van der Waals surface area contributed by atoms with E-state index >= 15 is 0 Å². The maximum absolute atomic E-state index is 10.8. The Morgan fingerprint density at radius 3 is 2.39 bits per heavy atom. The number of allylic oxidation sites excluding steroid dienone is 3. The average Bonchev–Trinajstić information content (AvgIpc) is 2.33. The van der Waals surface area contributed by atoms with E-state index in [0.29, 0.717) is 5.57 Å². The number of nitrogens with two attached hydrogens (primary N) is 1. The first-order chi connectivity index (χ1) is 8.57. The molecule has 0 radical (unpaired) electrons. The summed E-state index contributed by atoms with van der Waals surface area (Å²) in [7, 11) is 2.09. The lowest BCUT2D eigenvalue weighted by atomic mass is 10.2. The molecule has 0 aliphatic heterocycles. The highest BCUT2D eigenvalue weighted by Gasteiger charge is 1.98. The molecule has 0 fully saturated rings.